The molecule has 2 amide bonds. The van der Waals surface area contributed by atoms with Crippen LogP contribution in [0.3, 0.4) is 0 Å². The van der Waals surface area contributed by atoms with Gasteiger partial charge in [-0.1, -0.05) is 29.8 Å². The molecule has 0 spiro atoms. The molecule has 1 saturated heterocycles. The molecule has 8 heteroatoms. The molecule has 7 nitrogen and oxygen atoms in total. The highest BCUT2D eigenvalue weighted by Crippen LogP contribution is 2.30. The number of hydrogen-bond donors (Lipinski definition) is 0. The second kappa shape index (κ2) is 11.1. The van der Waals surface area contributed by atoms with Crippen LogP contribution in [-0.4, -0.2) is 62.0 Å². The molecule has 0 aromatic heterocycles. The lowest BCUT2D eigenvalue weighted by Gasteiger charge is -2.35. The number of rotatable bonds is 7. The van der Waals surface area contributed by atoms with Crippen molar-refractivity contribution in [1.82, 2.24) is 9.80 Å². The molecule has 0 aliphatic carbocycles. The third-order valence-electron chi connectivity index (χ3n) is 5.94. The molecule has 0 atom stereocenters. The maximum Gasteiger partial charge on any atom is 0.254 e. The summed E-state index contributed by atoms with van der Waals surface area (Å²) in [6, 6.07) is 19.6. The van der Waals surface area contributed by atoms with Gasteiger partial charge in [-0.25, -0.2) is 0 Å². The molecule has 35 heavy (non-hydrogen) atoms. The zero-order valence-electron chi connectivity index (χ0n) is 19.7. The lowest BCUT2D eigenvalue weighted by molar-refractivity contribution is 0.0535. The molecule has 0 unspecified atom stereocenters. The molecule has 182 valence electrons. The molecule has 1 heterocycles. The first-order chi connectivity index (χ1) is 17.0. The highest BCUT2D eigenvalue weighted by atomic mass is 35.5. The van der Waals surface area contributed by atoms with Crippen LogP contribution in [0, 0.1) is 0 Å². The van der Waals surface area contributed by atoms with E-state index in [0.29, 0.717) is 59.6 Å². The zero-order valence-corrected chi connectivity index (χ0v) is 20.5. The highest BCUT2D eigenvalue weighted by molar-refractivity contribution is 6.31. The molecule has 3 aromatic rings. The first-order valence-corrected chi connectivity index (χ1v) is 11.6. The molecular formula is C27H27ClN2O5. The number of hydrogen-bond acceptors (Lipinski definition) is 5. The Balaban J connectivity index is 1.37. The minimum atomic E-state index is -0.113. The van der Waals surface area contributed by atoms with Gasteiger partial charge in [0.25, 0.3) is 11.8 Å². The van der Waals surface area contributed by atoms with E-state index in [-0.39, 0.29) is 18.4 Å². The SMILES string of the molecule is COc1ccc(C(=O)N2CCN(C(=O)c3ccc(OCc4ccccc4Cl)c(OC)c3)CC2)cc1. The number of carbonyl (C=O) groups excluding carboxylic acids is 2. The lowest BCUT2D eigenvalue weighted by atomic mass is 10.1. The normalized spacial score (nSPS) is 13.3. The number of benzene rings is 3. The number of piperazine rings is 1. The fourth-order valence-electron chi connectivity index (χ4n) is 3.90. The molecule has 3 aromatic carbocycles. The molecule has 1 aliphatic heterocycles. The van der Waals surface area contributed by atoms with E-state index < -0.39 is 0 Å². The van der Waals surface area contributed by atoms with Crippen LogP contribution >= 0.6 is 11.6 Å². The van der Waals surface area contributed by atoms with Gasteiger partial charge in [0.05, 0.1) is 14.2 Å². The Hall–Kier alpha value is -3.71. The van der Waals surface area contributed by atoms with Crippen LogP contribution in [0.2, 0.25) is 5.02 Å². The van der Waals surface area contributed by atoms with Crippen molar-refractivity contribution in [2.24, 2.45) is 0 Å². The van der Waals surface area contributed by atoms with E-state index in [0.717, 1.165) is 5.56 Å². The predicted octanol–water partition coefficient (Wildman–Crippen LogP) is 4.53. The molecular weight excluding hydrogens is 468 g/mol. The van der Waals surface area contributed by atoms with Crippen LogP contribution in [-0.2, 0) is 6.61 Å². The van der Waals surface area contributed by atoms with E-state index in [1.807, 2.05) is 24.3 Å². The Morgan fingerprint density at radius 1 is 0.771 bits per heavy atom. The van der Waals surface area contributed by atoms with Gasteiger partial charge < -0.3 is 24.0 Å². The first kappa shape index (κ1) is 24.4. The summed E-state index contributed by atoms with van der Waals surface area (Å²) in [5, 5.41) is 0.628. The van der Waals surface area contributed by atoms with Gasteiger partial charge in [0, 0.05) is 47.9 Å². The van der Waals surface area contributed by atoms with Crippen LogP contribution in [0.5, 0.6) is 17.2 Å². The summed E-state index contributed by atoms with van der Waals surface area (Å²) in [6.07, 6.45) is 0. The first-order valence-electron chi connectivity index (χ1n) is 11.3. The van der Waals surface area contributed by atoms with Gasteiger partial charge in [-0.15, -0.1) is 0 Å². The molecule has 0 bridgehead atoms. The molecule has 4 rings (SSSR count). The van der Waals surface area contributed by atoms with E-state index >= 15 is 0 Å². The second-order valence-electron chi connectivity index (χ2n) is 8.06. The lowest BCUT2D eigenvalue weighted by Crippen LogP contribution is -2.50. The maximum atomic E-state index is 13.1. The molecule has 1 aliphatic rings. The minimum Gasteiger partial charge on any atom is -0.497 e. The van der Waals surface area contributed by atoms with E-state index in [1.54, 1.807) is 59.4 Å². The van der Waals surface area contributed by atoms with Crippen molar-refractivity contribution < 1.29 is 23.8 Å². The van der Waals surface area contributed by atoms with Gasteiger partial charge in [0.15, 0.2) is 11.5 Å². The molecule has 0 radical (unpaired) electrons. The summed E-state index contributed by atoms with van der Waals surface area (Å²) >= 11 is 6.20. The van der Waals surface area contributed by atoms with Gasteiger partial charge in [-0.2, -0.15) is 0 Å². The average Bonchev–Trinajstić information content (AvgIpc) is 2.92. The number of carbonyl (C=O) groups is 2. The van der Waals surface area contributed by atoms with E-state index in [1.165, 1.54) is 7.11 Å². The topological polar surface area (TPSA) is 68.3 Å². The number of methoxy groups -OCH3 is 2. The van der Waals surface area contributed by atoms with Crippen molar-refractivity contribution in [2.45, 2.75) is 6.61 Å². The number of ether oxygens (including phenoxy) is 3. The van der Waals surface area contributed by atoms with Gasteiger partial charge in [-0.05, 0) is 48.5 Å². The van der Waals surface area contributed by atoms with Gasteiger partial charge in [0.1, 0.15) is 12.4 Å². The van der Waals surface area contributed by atoms with Gasteiger partial charge in [-0.3, -0.25) is 9.59 Å². The van der Waals surface area contributed by atoms with Crippen molar-refractivity contribution in [3.8, 4) is 17.2 Å². The highest BCUT2D eigenvalue weighted by Gasteiger charge is 2.26. The summed E-state index contributed by atoms with van der Waals surface area (Å²) in [6.45, 7) is 2.12. The Morgan fingerprint density at radius 3 is 1.97 bits per heavy atom. The molecule has 0 N–H and O–H groups in total. The van der Waals surface area contributed by atoms with E-state index in [2.05, 4.69) is 0 Å². The fraction of sp³-hybridized carbons (Fsp3) is 0.259. The Morgan fingerprint density at radius 2 is 1.37 bits per heavy atom. The van der Waals surface area contributed by atoms with Crippen molar-refractivity contribution in [1.29, 1.82) is 0 Å². The summed E-state index contributed by atoms with van der Waals surface area (Å²) in [5.74, 6) is 1.53. The third kappa shape index (κ3) is 5.69. The van der Waals surface area contributed by atoms with E-state index in [9.17, 15) is 9.59 Å². The standard InChI is InChI=1S/C27H27ClN2O5/c1-33-22-10-7-19(8-11-22)26(31)29-13-15-30(16-14-29)27(32)20-9-12-24(25(17-20)34-2)35-18-21-5-3-4-6-23(21)28/h3-12,17H,13-16,18H2,1-2H3. The summed E-state index contributed by atoms with van der Waals surface area (Å²) in [4.78, 5) is 29.4. The van der Waals surface area contributed by atoms with Crippen LogP contribution in [0.25, 0.3) is 0 Å². The number of nitrogens with zero attached hydrogens (tertiary/aromatic N) is 2. The van der Waals surface area contributed by atoms with Crippen LogP contribution < -0.4 is 14.2 Å². The van der Waals surface area contributed by atoms with E-state index in [4.69, 9.17) is 25.8 Å². The summed E-state index contributed by atoms with van der Waals surface area (Å²) in [7, 11) is 3.12. The second-order valence-corrected chi connectivity index (χ2v) is 8.47. The molecule has 0 saturated carbocycles. The van der Waals surface area contributed by atoms with Gasteiger partial charge in [0.2, 0.25) is 0 Å². The van der Waals surface area contributed by atoms with Crippen molar-refractivity contribution >= 4 is 23.4 Å². The third-order valence-corrected chi connectivity index (χ3v) is 6.31. The number of halogens is 1. The Labute approximate surface area is 209 Å². The maximum absolute atomic E-state index is 13.1. The Bertz CT molecular complexity index is 1190. The van der Waals surface area contributed by atoms with Crippen molar-refractivity contribution in [3.05, 3.63) is 88.4 Å². The quantitative estimate of drug-likeness (QED) is 0.482. The summed E-state index contributed by atoms with van der Waals surface area (Å²) < 4.78 is 16.5. The predicted molar refractivity (Wildman–Crippen MR) is 134 cm³/mol. The van der Waals surface area contributed by atoms with Crippen LogP contribution in [0.4, 0.5) is 0 Å². The summed E-state index contributed by atoms with van der Waals surface area (Å²) in [5.41, 5.74) is 1.96. The zero-order chi connectivity index (χ0) is 24.8. The smallest absolute Gasteiger partial charge is 0.254 e. The molecule has 1 fully saturated rings. The van der Waals surface area contributed by atoms with Crippen molar-refractivity contribution in [2.75, 3.05) is 40.4 Å². The number of amides is 2. The fourth-order valence-corrected chi connectivity index (χ4v) is 4.09. The largest absolute Gasteiger partial charge is 0.497 e. The Kier molecular flexibility index (Phi) is 7.77. The monoisotopic (exact) mass is 494 g/mol. The van der Waals surface area contributed by atoms with Crippen LogP contribution in [0.1, 0.15) is 26.3 Å². The average molecular weight is 495 g/mol. The minimum absolute atomic E-state index is 0.0542. The van der Waals surface area contributed by atoms with Crippen LogP contribution in [0.15, 0.2) is 66.7 Å². The van der Waals surface area contributed by atoms with Gasteiger partial charge >= 0.3 is 0 Å². The van der Waals surface area contributed by atoms with Crippen molar-refractivity contribution in [3.63, 3.8) is 0 Å².